The quantitative estimate of drug-likeness (QED) is 0.721. The number of nitrogens with one attached hydrogen (secondary N) is 1. The predicted octanol–water partition coefficient (Wildman–Crippen LogP) is 3.80. The third-order valence-electron chi connectivity index (χ3n) is 2.91. The number of phenolic OH excluding ortho intramolecular Hbond substituents is 1. The van der Waals surface area contributed by atoms with Crippen LogP contribution >= 0.6 is 31.9 Å². The Balaban J connectivity index is 2.11. The molecule has 0 aliphatic carbocycles. The van der Waals surface area contributed by atoms with Crippen LogP contribution < -0.4 is 5.32 Å². The highest BCUT2D eigenvalue weighted by Crippen LogP contribution is 2.36. The molecule has 0 saturated carbocycles. The Morgan fingerprint density at radius 1 is 1.25 bits per heavy atom. The van der Waals surface area contributed by atoms with E-state index < -0.39 is 0 Å². The summed E-state index contributed by atoms with van der Waals surface area (Å²) in [5.41, 5.74) is 2.63. The number of benzene rings is 1. The Morgan fingerprint density at radius 2 is 1.95 bits per heavy atom. The predicted molar refractivity (Wildman–Crippen MR) is 84.2 cm³/mol. The van der Waals surface area contributed by atoms with Gasteiger partial charge in [-0.3, -0.25) is 9.78 Å². The third-order valence-corrected chi connectivity index (χ3v) is 4.11. The molecule has 1 aliphatic heterocycles. The highest BCUT2D eigenvalue weighted by atomic mass is 79.9. The topological polar surface area (TPSA) is 62.2 Å². The van der Waals surface area contributed by atoms with E-state index in [4.69, 9.17) is 0 Å². The van der Waals surface area contributed by atoms with Crippen molar-refractivity contribution in [3.8, 4) is 5.75 Å². The summed E-state index contributed by atoms with van der Waals surface area (Å²) in [6.07, 6.45) is 3.39. The van der Waals surface area contributed by atoms with Gasteiger partial charge in [0.05, 0.1) is 25.9 Å². The number of amides is 1. The molecule has 6 heteroatoms. The Hall–Kier alpha value is -1.66. The molecule has 2 heterocycles. The van der Waals surface area contributed by atoms with Crippen molar-refractivity contribution < 1.29 is 9.90 Å². The number of fused-ring (bicyclic) bond motifs is 1. The number of carbonyl (C=O) groups is 1. The summed E-state index contributed by atoms with van der Waals surface area (Å²) >= 11 is 6.54. The van der Waals surface area contributed by atoms with Gasteiger partial charge in [0.1, 0.15) is 5.75 Å². The molecular weight excluding hydrogens is 388 g/mol. The fraction of sp³-hybridized carbons (Fsp3) is 0. The summed E-state index contributed by atoms with van der Waals surface area (Å²) in [5.74, 6) is -0.0550. The first-order chi connectivity index (χ1) is 9.56. The minimum absolute atomic E-state index is 0.126. The fourth-order valence-corrected chi connectivity index (χ4v) is 3.21. The highest BCUT2D eigenvalue weighted by molar-refractivity contribution is 9.11. The van der Waals surface area contributed by atoms with Gasteiger partial charge in [0.25, 0.3) is 5.91 Å². The van der Waals surface area contributed by atoms with E-state index in [1.54, 1.807) is 30.5 Å². The zero-order valence-corrected chi connectivity index (χ0v) is 13.2. The van der Waals surface area contributed by atoms with Crippen LogP contribution in [0.2, 0.25) is 0 Å². The van der Waals surface area contributed by atoms with Crippen molar-refractivity contribution in [3.63, 3.8) is 0 Å². The number of halogens is 2. The number of rotatable bonds is 1. The molecule has 1 aromatic carbocycles. The van der Waals surface area contributed by atoms with E-state index in [9.17, 15) is 9.90 Å². The molecule has 0 bridgehead atoms. The second-order valence-corrected chi connectivity index (χ2v) is 5.95. The number of phenols is 1. The van der Waals surface area contributed by atoms with Crippen LogP contribution in [0.25, 0.3) is 11.6 Å². The van der Waals surface area contributed by atoms with Crippen molar-refractivity contribution in [2.45, 2.75) is 0 Å². The number of hydrogen-bond acceptors (Lipinski definition) is 3. The van der Waals surface area contributed by atoms with Gasteiger partial charge in [0, 0.05) is 6.20 Å². The molecule has 3 rings (SSSR count). The molecule has 1 aliphatic rings. The first kappa shape index (κ1) is 13.3. The van der Waals surface area contributed by atoms with Gasteiger partial charge in [0.15, 0.2) is 0 Å². The number of aromatic nitrogens is 1. The Bertz CT molecular complexity index is 734. The largest absolute Gasteiger partial charge is 0.506 e. The summed E-state index contributed by atoms with van der Waals surface area (Å²) in [7, 11) is 0. The summed E-state index contributed by atoms with van der Waals surface area (Å²) in [6, 6.07) is 7.06. The molecule has 100 valence electrons. The van der Waals surface area contributed by atoms with Crippen molar-refractivity contribution in [2.75, 3.05) is 5.32 Å². The van der Waals surface area contributed by atoms with E-state index in [1.165, 1.54) is 0 Å². The first-order valence-electron chi connectivity index (χ1n) is 5.72. The van der Waals surface area contributed by atoms with Crippen molar-refractivity contribution in [1.82, 2.24) is 4.98 Å². The SMILES string of the molecule is O=C1Nc2cccnc2C1=Cc1cc(Br)c(O)c(Br)c1. The normalized spacial score (nSPS) is 15.3. The Kier molecular flexibility index (Phi) is 3.35. The summed E-state index contributed by atoms with van der Waals surface area (Å²) in [4.78, 5) is 16.2. The monoisotopic (exact) mass is 394 g/mol. The van der Waals surface area contributed by atoms with Gasteiger partial charge in [-0.2, -0.15) is 0 Å². The molecule has 2 N–H and O–H groups in total. The minimum Gasteiger partial charge on any atom is -0.506 e. The maximum absolute atomic E-state index is 12.0. The molecular formula is C14H8Br2N2O2. The van der Waals surface area contributed by atoms with Gasteiger partial charge < -0.3 is 10.4 Å². The second-order valence-electron chi connectivity index (χ2n) is 4.24. The summed E-state index contributed by atoms with van der Waals surface area (Å²) < 4.78 is 1.11. The molecule has 0 saturated heterocycles. The van der Waals surface area contributed by atoms with Gasteiger partial charge in [-0.05, 0) is 67.8 Å². The molecule has 0 spiro atoms. The van der Waals surface area contributed by atoms with Crippen molar-refractivity contribution >= 4 is 55.1 Å². The van der Waals surface area contributed by atoms with Crippen LogP contribution in [0.1, 0.15) is 11.3 Å². The summed E-state index contributed by atoms with van der Waals surface area (Å²) in [5, 5.41) is 12.5. The number of pyridine rings is 1. The van der Waals surface area contributed by atoms with Crippen LogP contribution in [0.15, 0.2) is 39.4 Å². The third kappa shape index (κ3) is 2.25. The van der Waals surface area contributed by atoms with Crippen molar-refractivity contribution in [2.24, 2.45) is 0 Å². The van der Waals surface area contributed by atoms with Crippen LogP contribution in [0.3, 0.4) is 0 Å². The second kappa shape index (κ2) is 5.03. The van der Waals surface area contributed by atoms with Crippen LogP contribution in [-0.2, 0) is 4.79 Å². The first-order valence-corrected chi connectivity index (χ1v) is 7.31. The van der Waals surface area contributed by atoms with Gasteiger partial charge in [-0.15, -0.1) is 0 Å². The Labute approximate surface area is 131 Å². The van der Waals surface area contributed by atoms with Crippen molar-refractivity contribution in [3.05, 3.63) is 50.7 Å². The van der Waals surface area contributed by atoms with Crippen molar-refractivity contribution in [1.29, 1.82) is 0 Å². The van der Waals surface area contributed by atoms with Gasteiger partial charge in [-0.25, -0.2) is 0 Å². The minimum atomic E-state index is -0.181. The summed E-state index contributed by atoms with van der Waals surface area (Å²) in [6.45, 7) is 0. The number of aromatic hydroxyl groups is 1. The maximum Gasteiger partial charge on any atom is 0.258 e. The smallest absolute Gasteiger partial charge is 0.258 e. The van der Waals surface area contributed by atoms with Crippen LogP contribution in [0, 0.1) is 0 Å². The lowest BCUT2D eigenvalue weighted by atomic mass is 10.1. The maximum atomic E-state index is 12.0. The average molecular weight is 396 g/mol. The lowest BCUT2D eigenvalue weighted by Crippen LogP contribution is -2.03. The zero-order valence-electron chi connectivity index (χ0n) is 10.0. The van der Waals surface area contributed by atoms with E-state index in [2.05, 4.69) is 42.2 Å². The van der Waals surface area contributed by atoms with E-state index in [1.807, 2.05) is 6.07 Å². The molecule has 0 unspecified atom stereocenters. The molecule has 1 amide bonds. The average Bonchev–Trinajstić information content (AvgIpc) is 2.73. The zero-order chi connectivity index (χ0) is 14.3. The van der Waals surface area contributed by atoms with Gasteiger partial charge in [0.2, 0.25) is 0 Å². The Morgan fingerprint density at radius 3 is 2.65 bits per heavy atom. The fourth-order valence-electron chi connectivity index (χ4n) is 1.99. The molecule has 0 fully saturated rings. The van der Waals surface area contributed by atoms with Crippen LogP contribution in [0.5, 0.6) is 5.75 Å². The number of hydrogen-bond donors (Lipinski definition) is 2. The molecule has 0 radical (unpaired) electrons. The lowest BCUT2D eigenvalue weighted by molar-refractivity contribution is -0.110. The van der Waals surface area contributed by atoms with Gasteiger partial charge in [-0.1, -0.05) is 0 Å². The number of nitrogens with zero attached hydrogens (tertiary/aromatic N) is 1. The van der Waals surface area contributed by atoms with Crippen LogP contribution in [0.4, 0.5) is 5.69 Å². The molecule has 4 nitrogen and oxygen atoms in total. The van der Waals surface area contributed by atoms with E-state index in [0.29, 0.717) is 25.9 Å². The number of carbonyl (C=O) groups excluding carboxylic acids is 1. The lowest BCUT2D eigenvalue weighted by Gasteiger charge is -2.03. The number of anilines is 1. The molecule has 1 aromatic heterocycles. The molecule has 2 aromatic rings. The standard InChI is InChI=1S/C14H8Br2N2O2/c15-9-5-7(6-10(16)13(9)19)4-8-12-11(18-14(8)20)2-1-3-17-12/h1-6,19H,(H,18,20). The van der Waals surface area contributed by atoms with Gasteiger partial charge >= 0.3 is 0 Å². The molecule has 0 atom stereocenters. The highest BCUT2D eigenvalue weighted by Gasteiger charge is 2.25. The van der Waals surface area contributed by atoms with E-state index >= 15 is 0 Å². The molecule has 20 heavy (non-hydrogen) atoms. The van der Waals surface area contributed by atoms with E-state index in [0.717, 1.165) is 5.56 Å². The van der Waals surface area contributed by atoms with Crippen LogP contribution in [-0.4, -0.2) is 16.0 Å². The van der Waals surface area contributed by atoms with E-state index in [-0.39, 0.29) is 11.7 Å².